The topological polar surface area (TPSA) is 57.7 Å². The van der Waals surface area contributed by atoms with E-state index in [1.54, 1.807) is 48.5 Å². The molecule has 0 saturated heterocycles. The molecule has 3 rings (SSSR count). The largest absolute Gasteiger partial charge is 0.287 e. The third kappa shape index (κ3) is 2.97. The molecule has 2 aromatic carbocycles. The summed E-state index contributed by atoms with van der Waals surface area (Å²) in [6.07, 6.45) is -0.662. The highest BCUT2D eigenvalue weighted by Gasteiger charge is 2.46. The zero-order valence-electron chi connectivity index (χ0n) is 14.9. The van der Waals surface area contributed by atoms with E-state index in [2.05, 4.69) is 0 Å². The number of carbonyl (C=O) groups is 1. The molecule has 0 saturated carbocycles. The van der Waals surface area contributed by atoms with E-state index in [1.807, 2.05) is 20.8 Å². The van der Waals surface area contributed by atoms with Crippen LogP contribution in [0.15, 0.2) is 53.4 Å². The van der Waals surface area contributed by atoms with Gasteiger partial charge in [-0.25, -0.2) is 12.7 Å². The van der Waals surface area contributed by atoms with Gasteiger partial charge in [0.15, 0.2) is 0 Å². The van der Waals surface area contributed by atoms with Gasteiger partial charge >= 0.3 is 0 Å². The fourth-order valence-electron chi connectivity index (χ4n) is 3.25. The van der Waals surface area contributed by atoms with Crippen molar-refractivity contribution in [3.05, 3.63) is 54.1 Å². The first-order valence-corrected chi connectivity index (χ1v) is 10.3. The summed E-state index contributed by atoms with van der Waals surface area (Å²) in [5.41, 5.74) is 2.03. The molecule has 0 aliphatic carbocycles. The summed E-state index contributed by atoms with van der Waals surface area (Å²) < 4.78 is 28.2. The minimum Gasteiger partial charge on any atom is -0.287 e. The van der Waals surface area contributed by atoms with Crippen LogP contribution in [0.2, 0.25) is 0 Å². The van der Waals surface area contributed by atoms with Crippen molar-refractivity contribution in [1.82, 2.24) is 0 Å². The molecular weight excluding hydrogens is 372 g/mol. The molecule has 0 N–H and O–H groups in total. The molecule has 0 radical (unpaired) electrons. The average Bonchev–Trinajstić information content (AvgIpc) is 2.97. The van der Waals surface area contributed by atoms with Gasteiger partial charge in [0.2, 0.25) is 5.91 Å². The third-order valence-electron chi connectivity index (χ3n) is 4.44. The molecule has 0 spiro atoms. The van der Waals surface area contributed by atoms with Gasteiger partial charge < -0.3 is 0 Å². The van der Waals surface area contributed by atoms with Gasteiger partial charge in [0.25, 0.3) is 10.0 Å². The fraction of sp³-hybridized carbons (Fsp3) is 0.316. The lowest BCUT2D eigenvalue weighted by Gasteiger charge is -2.33. The summed E-state index contributed by atoms with van der Waals surface area (Å²) >= 11 is 5.81. The number of benzene rings is 2. The molecular formula is C19H21ClN2O3S. The zero-order chi connectivity index (χ0) is 19.1. The molecule has 2 aromatic rings. The Balaban J connectivity index is 2.21. The van der Waals surface area contributed by atoms with Gasteiger partial charge in [-0.05, 0) is 37.1 Å². The normalized spacial score (nSPS) is 16.9. The number of amides is 1. The standard InChI is InChI=1S/C19H21ClN2O3S/c1-13(2)19-21(18(23)12-20)16-6-4-5-7-17(16)22(19)26(24,25)15-10-8-14(3)9-11-15/h4-11,13,19H,12H2,1-3H3/t19-/m1/s1. The molecule has 1 amide bonds. The maximum atomic E-state index is 13.4. The lowest BCUT2D eigenvalue weighted by atomic mass is 10.1. The van der Waals surface area contributed by atoms with E-state index >= 15 is 0 Å². The Kier molecular flexibility index (Phi) is 4.99. The SMILES string of the molecule is Cc1ccc(S(=O)(=O)N2c3ccccc3N(C(=O)CCl)[C@H]2C(C)C)cc1. The fourth-order valence-corrected chi connectivity index (χ4v) is 5.13. The van der Waals surface area contributed by atoms with Crippen LogP contribution in [-0.2, 0) is 14.8 Å². The molecule has 1 atom stereocenters. The number of fused-ring (bicyclic) bond motifs is 1. The number of anilines is 2. The van der Waals surface area contributed by atoms with Crippen LogP contribution >= 0.6 is 11.6 Å². The first kappa shape index (κ1) is 18.7. The van der Waals surface area contributed by atoms with Gasteiger partial charge in [-0.3, -0.25) is 9.69 Å². The molecule has 1 heterocycles. The Morgan fingerprint density at radius 3 is 2.19 bits per heavy atom. The number of hydrogen-bond donors (Lipinski definition) is 0. The van der Waals surface area contributed by atoms with Crippen LogP contribution in [0.4, 0.5) is 11.4 Å². The molecule has 1 aliphatic rings. The number of alkyl halides is 1. The minimum atomic E-state index is -3.84. The van der Waals surface area contributed by atoms with Gasteiger partial charge in [-0.1, -0.05) is 43.7 Å². The predicted molar refractivity (Wildman–Crippen MR) is 104 cm³/mol. The second-order valence-electron chi connectivity index (χ2n) is 6.66. The number of carbonyl (C=O) groups excluding carboxylic acids is 1. The molecule has 26 heavy (non-hydrogen) atoms. The van der Waals surface area contributed by atoms with E-state index < -0.39 is 16.2 Å². The summed E-state index contributed by atoms with van der Waals surface area (Å²) in [6, 6.07) is 13.7. The van der Waals surface area contributed by atoms with Gasteiger partial charge in [-0.15, -0.1) is 11.6 Å². The van der Waals surface area contributed by atoms with Crippen LogP contribution in [-0.4, -0.2) is 26.4 Å². The van der Waals surface area contributed by atoms with Crippen molar-refractivity contribution in [2.45, 2.75) is 31.8 Å². The van der Waals surface area contributed by atoms with Crippen molar-refractivity contribution in [3.63, 3.8) is 0 Å². The molecule has 1 aliphatic heterocycles. The summed E-state index contributed by atoms with van der Waals surface area (Å²) in [5.74, 6) is -0.662. The Morgan fingerprint density at radius 2 is 1.65 bits per heavy atom. The first-order chi connectivity index (χ1) is 12.3. The number of nitrogens with zero attached hydrogens (tertiary/aromatic N) is 2. The second-order valence-corrected chi connectivity index (χ2v) is 8.74. The van der Waals surface area contributed by atoms with Crippen molar-refractivity contribution < 1.29 is 13.2 Å². The monoisotopic (exact) mass is 392 g/mol. The smallest absolute Gasteiger partial charge is 0.266 e. The van der Waals surface area contributed by atoms with E-state index in [0.717, 1.165) is 5.56 Å². The minimum absolute atomic E-state index is 0.130. The summed E-state index contributed by atoms with van der Waals surface area (Å²) in [5, 5.41) is 0. The average molecular weight is 393 g/mol. The maximum Gasteiger partial charge on any atom is 0.266 e. The Hall–Kier alpha value is -2.05. The van der Waals surface area contributed by atoms with E-state index in [0.29, 0.717) is 11.4 Å². The maximum absolute atomic E-state index is 13.4. The molecule has 5 nitrogen and oxygen atoms in total. The van der Waals surface area contributed by atoms with Crippen LogP contribution in [0.3, 0.4) is 0 Å². The third-order valence-corrected chi connectivity index (χ3v) is 6.47. The molecule has 0 bridgehead atoms. The summed E-state index contributed by atoms with van der Waals surface area (Å²) in [7, 11) is -3.84. The number of hydrogen-bond acceptors (Lipinski definition) is 3. The van der Waals surface area contributed by atoms with Crippen LogP contribution < -0.4 is 9.21 Å². The Labute approximate surface area is 159 Å². The lowest BCUT2D eigenvalue weighted by Crippen LogP contribution is -2.52. The molecule has 138 valence electrons. The number of para-hydroxylation sites is 2. The van der Waals surface area contributed by atoms with Crippen molar-refractivity contribution in [2.24, 2.45) is 5.92 Å². The molecule has 0 aromatic heterocycles. The van der Waals surface area contributed by atoms with Gasteiger partial charge in [-0.2, -0.15) is 0 Å². The quantitative estimate of drug-likeness (QED) is 0.744. The van der Waals surface area contributed by atoms with Gasteiger partial charge in [0.1, 0.15) is 12.0 Å². The highest BCUT2D eigenvalue weighted by molar-refractivity contribution is 7.93. The van der Waals surface area contributed by atoms with E-state index in [1.165, 1.54) is 9.21 Å². The zero-order valence-corrected chi connectivity index (χ0v) is 16.5. The van der Waals surface area contributed by atoms with Crippen LogP contribution in [0.25, 0.3) is 0 Å². The van der Waals surface area contributed by atoms with Crippen molar-refractivity contribution in [1.29, 1.82) is 0 Å². The van der Waals surface area contributed by atoms with Crippen LogP contribution in [0.5, 0.6) is 0 Å². The van der Waals surface area contributed by atoms with Crippen LogP contribution in [0.1, 0.15) is 19.4 Å². The van der Waals surface area contributed by atoms with Crippen molar-refractivity contribution in [3.8, 4) is 0 Å². The molecule has 7 heteroatoms. The number of rotatable bonds is 4. The van der Waals surface area contributed by atoms with Crippen LogP contribution in [0, 0.1) is 12.8 Å². The molecule has 0 unspecified atom stereocenters. The highest BCUT2D eigenvalue weighted by atomic mass is 35.5. The van der Waals surface area contributed by atoms with Crippen molar-refractivity contribution >= 4 is 38.9 Å². The van der Waals surface area contributed by atoms with E-state index in [-0.39, 0.29) is 22.6 Å². The van der Waals surface area contributed by atoms with E-state index in [9.17, 15) is 13.2 Å². The van der Waals surface area contributed by atoms with Gasteiger partial charge in [0, 0.05) is 0 Å². The number of sulfonamides is 1. The Bertz CT molecular complexity index is 926. The Morgan fingerprint density at radius 1 is 1.08 bits per heavy atom. The van der Waals surface area contributed by atoms with E-state index in [4.69, 9.17) is 11.6 Å². The van der Waals surface area contributed by atoms with Gasteiger partial charge in [0.05, 0.1) is 16.3 Å². The highest BCUT2D eigenvalue weighted by Crippen LogP contribution is 2.44. The first-order valence-electron chi connectivity index (χ1n) is 8.37. The number of halogens is 1. The second kappa shape index (κ2) is 6.93. The molecule has 0 fully saturated rings. The number of aryl methyl sites for hydroxylation is 1. The summed E-state index contributed by atoms with van der Waals surface area (Å²) in [4.78, 5) is 14.2. The lowest BCUT2D eigenvalue weighted by molar-refractivity contribution is -0.116. The summed E-state index contributed by atoms with van der Waals surface area (Å²) in [6.45, 7) is 5.69. The predicted octanol–water partition coefficient (Wildman–Crippen LogP) is 3.76. The van der Waals surface area contributed by atoms with Crippen molar-refractivity contribution in [2.75, 3.05) is 15.1 Å².